The summed E-state index contributed by atoms with van der Waals surface area (Å²) in [5.74, 6) is 0.0452. The SMILES string of the molecule is CC1Oc2ccc(NC(=O)c3ccc(S(C)=O)cc3)cc2NC1=O. The maximum atomic E-state index is 12.3. The number of rotatable bonds is 3. The summed E-state index contributed by atoms with van der Waals surface area (Å²) in [6.45, 7) is 1.67. The van der Waals surface area contributed by atoms with Gasteiger partial charge in [0.15, 0.2) is 6.10 Å². The zero-order valence-electron chi connectivity index (χ0n) is 13.2. The van der Waals surface area contributed by atoms with Gasteiger partial charge in [0.2, 0.25) is 0 Å². The number of ether oxygens (including phenoxy) is 1. The molecule has 0 saturated heterocycles. The van der Waals surface area contributed by atoms with Crippen LogP contribution in [0.2, 0.25) is 0 Å². The average molecular weight is 344 g/mol. The second kappa shape index (κ2) is 6.45. The third kappa shape index (κ3) is 3.30. The monoisotopic (exact) mass is 344 g/mol. The quantitative estimate of drug-likeness (QED) is 0.895. The van der Waals surface area contributed by atoms with E-state index >= 15 is 0 Å². The molecular weight excluding hydrogens is 328 g/mol. The number of benzene rings is 2. The fraction of sp³-hybridized carbons (Fsp3) is 0.176. The van der Waals surface area contributed by atoms with Gasteiger partial charge in [0.25, 0.3) is 11.8 Å². The van der Waals surface area contributed by atoms with Gasteiger partial charge in [-0.05, 0) is 49.4 Å². The topological polar surface area (TPSA) is 84.5 Å². The molecule has 2 aromatic rings. The number of fused-ring (bicyclic) bond motifs is 1. The Morgan fingerprint density at radius 3 is 2.58 bits per heavy atom. The zero-order valence-corrected chi connectivity index (χ0v) is 14.0. The molecule has 2 unspecified atom stereocenters. The Balaban J connectivity index is 1.76. The van der Waals surface area contributed by atoms with E-state index in [9.17, 15) is 13.8 Å². The molecule has 0 saturated carbocycles. The number of nitrogens with one attached hydrogen (secondary N) is 2. The van der Waals surface area contributed by atoms with Crippen LogP contribution >= 0.6 is 0 Å². The minimum atomic E-state index is -1.08. The molecule has 24 heavy (non-hydrogen) atoms. The fourth-order valence-electron chi connectivity index (χ4n) is 2.29. The van der Waals surface area contributed by atoms with Crippen LogP contribution in [0.1, 0.15) is 17.3 Å². The van der Waals surface area contributed by atoms with Crippen molar-refractivity contribution in [3.63, 3.8) is 0 Å². The largest absolute Gasteiger partial charge is 0.479 e. The first-order valence-corrected chi connectivity index (χ1v) is 8.86. The van der Waals surface area contributed by atoms with Gasteiger partial charge in [-0.25, -0.2) is 0 Å². The van der Waals surface area contributed by atoms with Crippen molar-refractivity contribution in [3.8, 4) is 5.75 Å². The highest BCUT2D eigenvalue weighted by Crippen LogP contribution is 2.32. The third-order valence-corrected chi connectivity index (χ3v) is 4.55. The molecule has 124 valence electrons. The second-order valence-corrected chi connectivity index (χ2v) is 6.77. The summed E-state index contributed by atoms with van der Waals surface area (Å²) in [6.07, 6.45) is 1.04. The first kappa shape index (κ1) is 16.2. The minimum absolute atomic E-state index is 0.228. The molecule has 0 bridgehead atoms. The molecule has 0 radical (unpaired) electrons. The van der Waals surface area contributed by atoms with Gasteiger partial charge in [-0.15, -0.1) is 0 Å². The van der Waals surface area contributed by atoms with E-state index in [1.54, 1.807) is 55.6 Å². The van der Waals surface area contributed by atoms with E-state index in [-0.39, 0.29) is 11.8 Å². The molecule has 2 amide bonds. The van der Waals surface area contributed by atoms with Gasteiger partial charge in [-0.3, -0.25) is 13.8 Å². The fourth-order valence-corrected chi connectivity index (χ4v) is 2.81. The molecule has 2 N–H and O–H groups in total. The van der Waals surface area contributed by atoms with Crippen molar-refractivity contribution in [3.05, 3.63) is 48.0 Å². The highest BCUT2D eigenvalue weighted by molar-refractivity contribution is 7.84. The Morgan fingerprint density at radius 2 is 1.92 bits per heavy atom. The van der Waals surface area contributed by atoms with Crippen LogP contribution in [0.3, 0.4) is 0 Å². The lowest BCUT2D eigenvalue weighted by atomic mass is 10.2. The molecule has 1 aliphatic heterocycles. The van der Waals surface area contributed by atoms with E-state index in [1.165, 1.54) is 0 Å². The lowest BCUT2D eigenvalue weighted by molar-refractivity contribution is -0.122. The molecule has 2 aromatic carbocycles. The van der Waals surface area contributed by atoms with Crippen LogP contribution in [0.5, 0.6) is 5.75 Å². The molecule has 3 rings (SSSR count). The number of amides is 2. The van der Waals surface area contributed by atoms with Crippen molar-refractivity contribution in [1.29, 1.82) is 0 Å². The smallest absolute Gasteiger partial charge is 0.265 e. The standard InChI is InChI=1S/C17H16N2O4S/c1-10-16(20)19-14-9-12(5-8-15(14)23-10)18-17(21)11-3-6-13(7-4-11)24(2)22/h3-10H,1-2H3,(H,18,21)(H,19,20). The minimum Gasteiger partial charge on any atom is -0.479 e. The van der Waals surface area contributed by atoms with Gasteiger partial charge in [0.05, 0.1) is 5.69 Å². The summed E-state index contributed by atoms with van der Waals surface area (Å²) in [6, 6.07) is 11.6. The van der Waals surface area contributed by atoms with E-state index in [0.717, 1.165) is 0 Å². The first-order valence-electron chi connectivity index (χ1n) is 7.30. The van der Waals surface area contributed by atoms with Crippen molar-refractivity contribution in [1.82, 2.24) is 0 Å². The normalized spacial score (nSPS) is 17.2. The predicted molar refractivity (Wildman–Crippen MR) is 91.9 cm³/mol. The second-order valence-electron chi connectivity index (χ2n) is 5.39. The number of hydrogen-bond donors (Lipinski definition) is 2. The Hall–Kier alpha value is -2.67. The molecule has 0 aliphatic carbocycles. The molecule has 0 aromatic heterocycles. The maximum absolute atomic E-state index is 12.3. The van der Waals surface area contributed by atoms with Gasteiger partial charge in [-0.2, -0.15) is 0 Å². The maximum Gasteiger partial charge on any atom is 0.265 e. The van der Waals surface area contributed by atoms with Crippen LogP contribution in [0.4, 0.5) is 11.4 Å². The summed E-state index contributed by atoms with van der Waals surface area (Å²) < 4.78 is 16.8. The molecule has 2 atom stereocenters. The van der Waals surface area contributed by atoms with Gasteiger partial charge in [-0.1, -0.05) is 0 Å². The Morgan fingerprint density at radius 1 is 1.21 bits per heavy atom. The van der Waals surface area contributed by atoms with Crippen LogP contribution < -0.4 is 15.4 Å². The van der Waals surface area contributed by atoms with Gasteiger partial charge in [0, 0.05) is 33.2 Å². The van der Waals surface area contributed by atoms with Crippen molar-refractivity contribution < 1.29 is 18.5 Å². The van der Waals surface area contributed by atoms with Gasteiger partial charge < -0.3 is 15.4 Å². The molecular formula is C17H16N2O4S. The summed E-state index contributed by atoms with van der Waals surface area (Å²) in [5, 5.41) is 5.50. The van der Waals surface area contributed by atoms with Crippen molar-refractivity contribution >= 4 is 34.0 Å². The summed E-state index contributed by atoms with van der Waals surface area (Å²) in [5.41, 5.74) is 1.52. The molecule has 0 fully saturated rings. The number of carbonyl (C=O) groups is 2. The lowest BCUT2D eigenvalue weighted by Gasteiger charge is -2.23. The summed E-state index contributed by atoms with van der Waals surface area (Å²) in [7, 11) is -1.08. The highest BCUT2D eigenvalue weighted by atomic mass is 32.2. The van der Waals surface area contributed by atoms with Gasteiger partial charge >= 0.3 is 0 Å². The van der Waals surface area contributed by atoms with E-state index in [1.807, 2.05) is 0 Å². The Bertz CT molecular complexity index is 833. The molecule has 0 spiro atoms. The molecule has 7 heteroatoms. The summed E-state index contributed by atoms with van der Waals surface area (Å²) >= 11 is 0. The van der Waals surface area contributed by atoms with Crippen LogP contribution in [0, 0.1) is 0 Å². The van der Waals surface area contributed by atoms with Crippen molar-refractivity contribution in [2.24, 2.45) is 0 Å². The van der Waals surface area contributed by atoms with Crippen LogP contribution in [0.25, 0.3) is 0 Å². The lowest BCUT2D eigenvalue weighted by Crippen LogP contribution is -2.34. The van der Waals surface area contributed by atoms with Crippen LogP contribution in [0.15, 0.2) is 47.4 Å². The van der Waals surface area contributed by atoms with Gasteiger partial charge in [0.1, 0.15) is 5.75 Å². The average Bonchev–Trinajstić information content (AvgIpc) is 2.56. The van der Waals surface area contributed by atoms with Crippen molar-refractivity contribution in [2.45, 2.75) is 17.9 Å². The predicted octanol–water partition coefficient (Wildman–Crippen LogP) is 2.40. The number of anilines is 2. The third-order valence-electron chi connectivity index (χ3n) is 3.62. The molecule has 1 heterocycles. The molecule has 1 aliphatic rings. The zero-order chi connectivity index (χ0) is 17.3. The number of hydrogen-bond acceptors (Lipinski definition) is 4. The van der Waals surface area contributed by atoms with E-state index in [0.29, 0.717) is 27.6 Å². The molecule has 6 nitrogen and oxygen atoms in total. The first-order chi connectivity index (χ1) is 11.4. The van der Waals surface area contributed by atoms with Crippen LogP contribution in [-0.2, 0) is 15.6 Å². The number of carbonyl (C=O) groups excluding carboxylic acids is 2. The Labute approximate surface area is 141 Å². The Kier molecular flexibility index (Phi) is 4.35. The van der Waals surface area contributed by atoms with E-state index in [4.69, 9.17) is 4.74 Å². The highest BCUT2D eigenvalue weighted by Gasteiger charge is 2.23. The van der Waals surface area contributed by atoms with Crippen LogP contribution in [-0.4, -0.2) is 28.4 Å². The van der Waals surface area contributed by atoms with E-state index < -0.39 is 16.9 Å². The summed E-state index contributed by atoms with van der Waals surface area (Å²) in [4.78, 5) is 24.6. The van der Waals surface area contributed by atoms with E-state index in [2.05, 4.69) is 10.6 Å². The van der Waals surface area contributed by atoms with Crippen molar-refractivity contribution in [2.75, 3.05) is 16.9 Å².